The smallest absolute Gasteiger partial charge is 0.233 e. The second kappa shape index (κ2) is 7.91. The van der Waals surface area contributed by atoms with E-state index in [9.17, 15) is 4.79 Å². The van der Waals surface area contributed by atoms with Crippen LogP contribution in [0, 0.1) is 13.8 Å². The van der Waals surface area contributed by atoms with Crippen LogP contribution in [0.3, 0.4) is 0 Å². The Morgan fingerprint density at radius 2 is 2.20 bits per heavy atom. The van der Waals surface area contributed by atoms with E-state index in [4.69, 9.17) is 0 Å². The molecular weight excluding hydrogens is 292 g/mol. The third-order valence-corrected chi connectivity index (χ3v) is 4.66. The minimum Gasteiger partial charge on any atom is -0.337 e. The molecule has 3 nitrogen and oxygen atoms in total. The Balaban J connectivity index is 0.00000200. The fourth-order valence-corrected chi connectivity index (χ4v) is 3.29. The Labute approximate surface area is 131 Å². The maximum atomic E-state index is 12.2. The van der Waals surface area contributed by atoms with Crippen LogP contribution in [-0.2, 0) is 4.79 Å². The van der Waals surface area contributed by atoms with Gasteiger partial charge in [0.1, 0.15) is 0 Å². The van der Waals surface area contributed by atoms with Crippen molar-refractivity contribution in [2.75, 3.05) is 25.4 Å². The van der Waals surface area contributed by atoms with Crippen molar-refractivity contribution in [1.29, 1.82) is 0 Å². The predicted octanol–water partition coefficient (Wildman–Crippen LogP) is 2.64. The zero-order valence-corrected chi connectivity index (χ0v) is 13.9. The number of nitrogens with zero attached hydrogens (tertiary/aromatic N) is 1. The fraction of sp³-hybridized carbons (Fsp3) is 0.533. The summed E-state index contributed by atoms with van der Waals surface area (Å²) in [5.74, 6) is 0.785. The number of amides is 1. The second-order valence-corrected chi connectivity index (χ2v) is 6.22. The first-order valence-electron chi connectivity index (χ1n) is 6.78. The molecule has 1 fully saturated rings. The molecule has 0 aliphatic carbocycles. The molecule has 112 valence electrons. The molecule has 1 amide bonds. The summed E-state index contributed by atoms with van der Waals surface area (Å²) in [6.45, 7) is 8.94. The highest BCUT2D eigenvalue weighted by Gasteiger charge is 2.22. The van der Waals surface area contributed by atoms with E-state index >= 15 is 0 Å². The van der Waals surface area contributed by atoms with Gasteiger partial charge in [-0.3, -0.25) is 4.79 Å². The highest BCUT2D eigenvalue weighted by Crippen LogP contribution is 2.23. The molecule has 1 aromatic rings. The van der Waals surface area contributed by atoms with Crippen LogP contribution in [0.4, 0.5) is 0 Å². The third-order valence-electron chi connectivity index (χ3n) is 3.50. The topological polar surface area (TPSA) is 32.3 Å². The van der Waals surface area contributed by atoms with E-state index in [1.807, 2.05) is 4.90 Å². The van der Waals surface area contributed by atoms with Gasteiger partial charge in [-0.25, -0.2) is 0 Å². The van der Waals surface area contributed by atoms with Crippen molar-refractivity contribution in [2.45, 2.75) is 31.7 Å². The number of hydrogen-bond acceptors (Lipinski definition) is 3. The summed E-state index contributed by atoms with van der Waals surface area (Å²) >= 11 is 1.65. The average Bonchev–Trinajstić information content (AvgIpc) is 2.38. The van der Waals surface area contributed by atoms with E-state index in [0.717, 1.165) is 19.6 Å². The molecule has 1 aromatic carbocycles. The Morgan fingerprint density at radius 1 is 1.45 bits per heavy atom. The number of halogens is 1. The Bertz CT molecular complexity index is 467. The van der Waals surface area contributed by atoms with E-state index in [1.54, 1.807) is 11.8 Å². The lowest BCUT2D eigenvalue weighted by Crippen LogP contribution is -2.52. The zero-order chi connectivity index (χ0) is 13.8. The molecule has 0 bridgehead atoms. The van der Waals surface area contributed by atoms with Gasteiger partial charge in [0.2, 0.25) is 5.91 Å². The number of carbonyl (C=O) groups excluding carboxylic acids is 1. The van der Waals surface area contributed by atoms with E-state index in [1.165, 1.54) is 16.0 Å². The van der Waals surface area contributed by atoms with Gasteiger partial charge in [0.05, 0.1) is 5.75 Å². The highest BCUT2D eigenvalue weighted by molar-refractivity contribution is 8.00. The lowest BCUT2D eigenvalue weighted by atomic mass is 10.2. The van der Waals surface area contributed by atoms with Crippen molar-refractivity contribution in [1.82, 2.24) is 10.2 Å². The van der Waals surface area contributed by atoms with Crippen molar-refractivity contribution in [2.24, 2.45) is 0 Å². The van der Waals surface area contributed by atoms with Crippen LogP contribution in [-0.4, -0.2) is 42.2 Å². The summed E-state index contributed by atoms with van der Waals surface area (Å²) in [6, 6.07) is 6.69. The van der Waals surface area contributed by atoms with Crippen LogP contribution in [0.15, 0.2) is 23.1 Å². The molecule has 0 radical (unpaired) electrons. The molecule has 1 heterocycles. The first-order chi connectivity index (χ1) is 9.08. The molecule has 0 spiro atoms. The van der Waals surface area contributed by atoms with Crippen molar-refractivity contribution in [3.05, 3.63) is 29.3 Å². The average molecular weight is 315 g/mol. The minimum atomic E-state index is 0. The largest absolute Gasteiger partial charge is 0.337 e. The van der Waals surface area contributed by atoms with Crippen LogP contribution in [0.2, 0.25) is 0 Å². The predicted molar refractivity (Wildman–Crippen MR) is 87.9 cm³/mol. The second-order valence-electron chi connectivity index (χ2n) is 5.20. The van der Waals surface area contributed by atoms with Gasteiger partial charge in [0.25, 0.3) is 0 Å². The van der Waals surface area contributed by atoms with Gasteiger partial charge in [-0.15, -0.1) is 24.2 Å². The van der Waals surface area contributed by atoms with Crippen LogP contribution >= 0.6 is 24.2 Å². The summed E-state index contributed by atoms with van der Waals surface area (Å²) < 4.78 is 0. The number of hydrogen-bond donors (Lipinski definition) is 1. The molecule has 1 aliphatic heterocycles. The lowest BCUT2D eigenvalue weighted by Gasteiger charge is -2.34. The SMILES string of the molecule is Cc1ccc(SCC(=O)N2CCNC[C@@H]2C)c(C)c1.Cl. The van der Waals surface area contributed by atoms with Gasteiger partial charge in [0.15, 0.2) is 0 Å². The number of rotatable bonds is 3. The van der Waals surface area contributed by atoms with Gasteiger partial charge in [-0.05, 0) is 32.4 Å². The lowest BCUT2D eigenvalue weighted by molar-refractivity contribution is -0.131. The van der Waals surface area contributed by atoms with E-state index in [-0.39, 0.29) is 18.3 Å². The molecule has 0 aromatic heterocycles. The van der Waals surface area contributed by atoms with E-state index < -0.39 is 0 Å². The summed E-state index contributed by atoms with van der Waals surface area (Å²) in [5, 5.41) is 3.31. The number of aryl methyl sites for hydroxylation is 2. The van der Waals surface area contributed by atoms with Crippen molar-refractivity contribution >= 4 is 30.1 Å². The van der Waals surface area contributed by atoms with E-state index in [0.29, 0.717) is 11.8 Å². The van der Waals surface area contributed by atoms with Crippen molar-refractivity contribution in [3.8, 4) is 0 Å². The highest BCUT2D eigenvalue weighted by atomic mass is 35.5. The molecule has 1 saturated heterocycles. The van der Waals surface area contributed by atoms with Gasteiger partial charge in [-0.1, -0.05) is 17.7 Å². The fourth-order valence-electron chi connectivity index (χ4n) is 2.40. The number of piperazine rings is 1. The summed E-state index contributed by atoms with van der Waals surface area (Å²) in [7, 11) is 0. The number of nitrogens with one attached hydrogen (secondary N) is 1. The Hall–Kier alpha value is -0.710. The number of carbonyl (C=O) groups is 1. The Kier molecular flexibility index (Phi) is 6.86. The molecule has 0 saturated carbocycles. The van der Waals surface area contributed by atoms with Crippen LogP contribution < -0.4 is 5.32 Å². The monoisotopic (exact) mass is 314 g/mol. The van der Waals surface area contributed by atoms with Crippen LogP contribution in [0.5, 0.6) is 0 Å². The van der Waals surface area contributed by atoms with Gasteiger partial charge < -0.3 is 10.2 Å². The maximum absolute atomic E-state index is 12.2. The first kappa shape index (κ1) is 17.3. The summed E-state index contributed by atoms with van der Waals surface area (Å²) in [5.41, 5.74) is 2.52. The van der Waals surface area contributed by atoms with E-state index in [2.05, 4.69) is 44.3 Å². The number of benzene rings is 1. The molecular formula is C15H23ClN2OS. The zero-order valence-electron chi connectivity index (χ0n) is 12.3. The third kappa shape index (κ3) is 4.40. The molecule has 2 rings (SSSR count). The summed E-state index contributed by atoms with van der Waals surface area (Å²) in [6.07, 6.45) is 0. The van der Waals surface area contributed by atoms with Gasteiger partial charge in [0, 0.05) is 30.6 Å². The standard InChI is InChI=1S/C15H22N2OS.ClH/c1-11-4-5-14(12(2)8-11)19-10-15(18)17-7-6-16-9-13(17)3;/h4-5,8,13,16H,6-7,9-10H2,1-3H3;1H/t13-;/m0./s1. The molecule has 1 N–H and O–H groups in total. The molecule has 5 heteroatoms. The molecule has 1 atom stereocenters. The van der Waals surface area contributed by atoms with Crippen LogP contribution in [0.25, 0.3) is 0 Å². The van der Waals surface area contributed by atoms with Crippen LogP contribution in [0.1, 0.15) is 18.1 Å². The normalized spacial score (nSPS) is 18.6. The number of thioether (sulfide) groups is 1. The van der Waals surface area contributed by atoms with Gasteiger partial charge >= 0.3 is 0 Å². The maximum Gasteiger partial charge on any atom is 0.233 e. The molecule has 1 aliphatic rings. The first-order valence-corrected chi connectivity index (χ1v) is 7.76. The quantitative estimate of drug-likeness (QED) is 0.871. The summed E-state index contributed by atoms with van der Waals surface area (Å²) in [4.78, 5) is 15.4. The minimum absolute atomic E-state index is 0. The van der Waals surface area contributed by atoms with Crippen molar-refractivity contribution in [3.63, 3.8) is 0 Å². The van der Waals surface area contributed by atoms with Crippen molar-refractivity contribution < 1.29 is 4.79 Å². The van der Waals surface area contributed by atoms with Gasteiger partial charge in [-0.2, -0.15) is 0 Å². The molecule has 0 unspecified atom stereocenters. The molecule has 20 heavy (non-hydrogen) atoms. The Morgan fingerprint density at radius 3 is 2.85 bits per heavy atom.